The van der Waals surface area contributed by atoms with E-state index in [-0.39, 0.29) is 0 Å². The van der Waals surface area contributed by atoms with E-state index in [9.17, 15) is 0 Å². The van der Waals surface area contributed by atoms with E-state index in [1.54, 1.807) is 0 Å². The van der Waals surface area contributed by atoms with Crippen molar-refractivity contribution in [2.75, 3.05) is 24.5 Å². The molecule has 1 aliphatic carbocycles. The van der Waals surface area contributed by atoms with Gasteiger partial charge in [0.15, 0.2) is 0 Å². The third-order valence-corrected chi connectivity index (χ3v) is 3.94. The Kier molecular flexibility index (Phi) is 3.46. The van der Waals surface area contributed by atoms with Gasteiger partial charge in [0.25, 0.3) is 0 Å². The summed E-state index contributed by atoms with van der Waals surface area (Å²) >= 11 is 0. The van der Waals surface area contributed by atoms with E-state index in [1.165, 1.54) is 25.7 Å². The lowest BCUT2D eigenvalue weighted by Crippen LogP contribution is -2.38. The SMILES string of the molecule is Cc1ccnc(N(CC2CCNCC2)C2CC2)n1. The molecule has 1 aliphatic heterocycles. The molecule has 98 valence electrons. The Morgan fingerprint density at radius 3 is 2.72 bits per heavy atom. The molecule has 1 saturated heterocycles. The summed E-state index contributed by atoms with van der Waals surface area (Å²) in [6.07, 6.45) is 7.07. The van der Waals surface area contributed by atoms with Crippen LogP contribution in [0.1, 0.15) is 31.4 Å². The second kappa shape index (κ2) is 5.22. The van der Waals surface area contributed by atoms with Crippen molar-refractivity contribution in [3.8, 4) is 0 Å². The molecule has 2 aliphatic rings. The van der Waals surface area contributed by atoms with Crippen LogP contribution in [0.5, 0.6) is 0 Å². The third kappa shape index (κ3) is 2.80. The molecule has 1 aromatic rings. The van der Waals surface area contributed by atoms with Crippen LogP contribution in [0.3, 0.4) is 0 Å². The van der Waals surface area contributed by atoms with Gasteiger partial charge < -0.3 is 10.2 Å². The zero-order valence-corrected chi connectivity index (χ0v) is 11.1. The standard InChI is InChI=1S/C14H22N4/c1-11-4-9-16-14(17-11)18(13-2-3-13)10-12-5-7-15-8-6-12/h4,9,12-13,15H,2-3,5-8,10H2,1H3. The van der Waals surface area contributed by atoms with Gasteiger partial charge in [0.2, 0.25) is 5.95 Å². The number of nitrogens with zero attached hydrogens (tertiary/aromatic N) is 3. The van der Waals surface area contributed by atoms with Gasteiger partial charge in [-0.3, -0.25) is 0 Å². The first kappa shape index (κ1) is 11.9. The molecule has 18 heavy (non-hydrogen) atoms. The van der Waals surface area contributed by atoms with Crippen molar-refractivity contribution in [1.82, 2.24) is 15.3 Å². The summed E-state index contributed by atoms with van der Waals surface area (Å²) in [5.41, 5.74) is 1.07. The number of piperidine rings is 1. The molecule has 1 aromatic heterocycles. The van der Waals surface area contributed by atoms with Crippen LogP contribution in [-0.4, -0.2) is 35.6 Å². The Hall–Kier alpha value is -1.16. The molecule has 4 heteroatoms. The van der Waals surface area contributed by atoms with Gasteiger partial charge in [-0.1, -0.05) is 0 Å². The van der Waals surface area contributed by atoms with Crippen molar-refractivity contribution in [3.63, 3.8) is 0 Å². The minimum Gasteiger partial charge on any atom is -0.338 e. The van der Waals surface area contributed by atoms with E-state index < -0.39 is 0 Å². The maximum absolute atomic E-state index is 4.60. The van der Waals surface area contributed by atoms with Crippen LogP contribution in [0.15, 0.2) is 12.3 Å². The summed E-state index contributed by atoms with van der Waals surface area (Å²) in [5.74, 6) is 1.74. The second-order valence-electron chi connectivity index (χ2n) is 5.57. The molecule has 0 unspecified atom stereocenters. The summed E-state index contributed by atoms with van der Waals surface area (Å²) < 4.78 is 0. The van der Waals surface area contributed by atoms with Gasteiger partial charge in [-0.05, 0) is 57.7 Å². The molecule has 0 aromatic carbocycles. The van der Waals surface area contributed by atoms with Crippen molar-refractivity contribution < 1.29 is 0 Å². The molecule has 0 bridgehead atoms. The average Bonchev–Trinajstić information content (AvgIpc) is 3.21. The number of hydrogen-bond acceptors (Lipinski definition) is 4. The Morgan fingerprint density at radius 2 is 2.06 bits per heavy atom. The topological polar surface area (TPSA) is 41.1 Å². The number of anilines is 1. The molecule has 3 rings (SSSR count). The molecule has 1 N–H and O–H groups in total. The summed E-state index contributed by atoms with van der Waals surface area (Å²) in [6.45, 7) is 5.51. The number of aromatic nitrogens is 2. The minimum absolute atomic E-state index is 0.696. The molecule has 0 atom stereocenters. The van der Waals surface area contributed by atoms with Crippen LogP contribution in [-0.2, 0) is 0 Å². The van der Waals surface area contributed by atoms with Crippen molar-refractivity contribution in [1.29, 1.82) is 0 Å². The fourth-order valence-corrected chi connectivity index (χ4v) is 2.70. The van der Waals surface area contributed by atoms with Crippen molar-refractivity contribution in [2.45, 2.75) is 38.6 Å². The Balaban J connectivity index is 1.71. The predicted octanol–water partition coefficient (Wildman–Crippen LogP) is 1.75. The number of hydrogen-bond donors (Lipinski definition) is 1. The van der Waals surface area contributed by atoms with Gasteiger partial charge in [0.05, 0.1) is 0 Å². The van der Waals surface area contributed by atoms with E-state index in [0.717, 1.165) is 37.2 Å². The Morgan fingerprint density at radius 1 is 1.28 bits per heavy atom. The number of rotatable bonds is 4. The van der Waals surface area contributed by atoms with E-state index in [4.69, 9.17) is 0 Å². The molecule has 0 amide bonds. The van der Waals surface area contributed by atoms with Crippen molar-refractivity contribution in [3.05, 3.63) is 18.0 Å². The van der Waals surface area contributed by atoms with E-state index in [2.05, 4.69) is 20.2 Å². The third-order valence-electron chi connectivity index (χ3n) is 3.94. The van der Waals surface area contributed by atoms with Crippen LogP contribution >= 0.6 is 0 Å². The molecular weight excluding hydrogens is 224 g/mol. The minimum atomic E-state index is 0.696. The van der Waals surface area contributed by atoms with E-state index in [1.807, 2.05) is 19.2 Å². The van der Waals surface area contributed by atoms with E-state index >= 15 is 0 Å². The fraction of sp³-hybridized carbons (Fsp3) is 0.714. The maximum Gasteiger partial charge on any atom is 0.225 e. The monoisotopic (exact) mass is 246 g/mol. The van der Waals surface area contributed by atoms with Gasteiger partial charge in [-0.2, -0.15) is 0 Å². The van der Waals surface area contributed by atoms with Gasteiger partial charge in [0, 0.05) is 24.5 Å². The normalized spacial score (nSPS) is 20.9. The van der Waals surface area contributed by atoms with Crippen molar-refractivity contribution >= 4 is 5.95 Å². The highest BCUT2D eigenvalue weighted by Gasteiger charge is 2.32. The predicted molar refractivity (Wildman–Crippen MR) is 72.7 cm³/mol. The number of nitrogens with one attached hydrogen (secondary N) is 1. The first-order chi connectivity index (χ1) is 8.83. The smallest absolute Gasteiger partial charge is 0.225 e. The maximum atomic E-state index is 4.60. The van der Waals surface area contributed by atoms with Crippen LogP contribution in [0.2, 0.25) is 0 Å². The molecular formula is C14H22N4. The van der Waals surface area contributed by atoms with Gasteiger partial charge >= 0.3 is 0 Å². The fourth-order valence-electron chi connectivity index (χ4n) is 2.70. The Labute approximate surface area is 109 Å². The summed E-state index contributed by atoms with van der Waals surface area (Å²) in [6, 6.07) is 2.67. The molecule has 2 fully saturated rings. The molecule has 1 saturated carbocycles. The first-order valence-corrected chi connectivity index (χ1v) is 7.10. The average molecular weight is 246 g/mol. The summed E-state index contributed by atoms with van der Waals surface area (Å²) in [4.78, 5) is 11.5. The summed E-state index contributed by atoms with van der Waals surface area (Å²) in [7, 11) is 0. The zero-order valence-electron chi connectivity index (χ0n) is 11.1. The largest absolute Gasteiger partial charge is 0.338 e. The van der Waals surface area contributed by atoms with Crippen LogP contribution in [0.4, 0.5) is 5.95 Å². The lowest BCUT2D eigenvalue weighted by atomic mass is 9.97. The van der Waals surface area contributed by atoms with Crippen molar-refractivity contribution in [2.24, 2.45) is 5.92 Å². The lowest BCUT2D eigenvalue weighted by molar-refractivity contribution is 0.371. The van der Waals surface area contributed by atoms with Gasteiger partial charge in [-0.15, -0.1) is 0 Å². The quantitative estimate of drug-likeness (QED) is 0.879. The molecule has 0 radical (unpaired) electrons. The highest BCUT2D eigenvalue weighted by molar-refractivity contribution is 5.34. The van der Waals surface area contributed by atoms with Gasteiger partial charge in [-0.25, -0.2) is 9.97 Å². The first-order valence-electron chi connectivity index (χ1n) is 7.10. The van der Waals surface area contributed by atoms with Crippen LogP contribution < -0.4 is 10.2 Å². The highest BCUT2D eigenvalue weighted by Crippen LogP contribution is 2.31. The summed E-state index contributed by atoms with van der Waals surface area (Å²) in [5, 5.41) is 3.43. The molecule has 0 spiro atoms. The second-order valence-corrected chi connectivity index (χ2v) is 5.57. The molecule has 4 nitrogen and oxygen atoms in total. The van der Waals surface area contributed by atoms with E-state index in [0.29, 0.717) is 6.04 Å². The highest BCUT2D eigenvalue weighted by atomic mass is 15.3. The van der Waals surface area contributed by atoms with Crippen LogP contribution in [0, 0.1) is 12.8 Å². The van der Waals surface area contributed by atoms with Gasteiger partial charge in [0.1, 0.15) is 0 Å². The lowest BCUT2D eigenvalue weighted by Gasteiger charge is -2.30. The Bertz CT molecular complexity index is 397. The van der Waals surface area contributed by atoms with Crippen LogP contribution in [0.25, 0.3) is 0 Å². The number of aryl methyl sites for hydroxylation is 1. The molecule has 2 heterocycles. The zero-order chi connectivity index (χ0) is 12.4.